The fraction of sp³-hybridized carbons (Fsp3) is 0. The van der Waals surface area contributed by atoms with Crippen LogP contribution in [0.3, 0.4) is 0 Å². The van der Waals surface area contributed by atoms with E-state index in [1.54, 1.807) is 0 Å². The third-order valence-corrected chi connectivity index (χ3v) is 0. The molecule has 0 atom stereocenters. The van der Waals surface area contributed by atoms with Gasteiger partial charge in [-0.15, -0.1) is 0 Å². The van der Waals surface area contributed by atoms with Crippen LogP contribution in [0.2, 0.25) is 0 Å². The van der Waals surface area contributed by atoms with Gasteiger partial charge in [-0.25, -0.2) is 0 Å². The van der Waals surface area contributed by atoms with Crippen molar-refractivity contribution in [2.75, 3.05) is 0 Å². The first-order chi connectivity index (χ1) is 2.00. The number of rotatable bonds is 0. The van der Waals surface area contributed by atoms with E-state index in [1.165, 1.54) is 0 Å². The maximum atomic E-state index is 8.95. The topological polar surface area (TPSA) is 83.8 Å². The summed E-state index contributed by atoms with van der Waals surface area (Å²) in [6.45, 7) is 0. The zero-order chi connectivity index (χ0) is 4.50. The van der Waals surface area contributed by atoms with Crippen molar-refractivity contribution in [3.05, 3.63) is 0 Å². The molecule has 0 fully saturated rings. The summed E-state index contributed by atoms with van der Waals surface area (Å²) in [6, 6.07) is 0. The van der Waals surface area contributed by atoms with Crippen LogP contribution in [0.5, 0.6) is 0 Å². The minimum atomic E-state index is -5.19. The molecule has 3 N–H and O–H groups in total. The zero-order valence-corrected chi connectivity index (χ0v) is 4.29. The summed E-state index contributed by atoms with van der Waals surface area (Å²) in [5, 5.41) is 0. The van der Waals surface area contributed by atoms with Gasteiger partial charge in [0.25, 0.3) is 0 Å². The molecule has 0 amide bonds. The molecular formula is H3IO4. The van der Waals surface area contributed by atoms with Gasteiger partial charge in [0, 0.05) is 0 Å². The van der Waals surface area contributed by atoms with Gasteiger partial charge in [0.1, 0.15) is 0 Å². The fourth-order valence-corrected chi connectivity index (χ4v) is 0. The molecule has 0 aromatic carbocycles. The molecule has 5 heavy (non-hydrogen) atoms. The molecule has 0 aromatic rings. The second-order valence-corrected chi connectivity index (χ2v) is 2.91. The van der Waals surface area contributed by atoms with E-state index >= 15 is 0 Å². The molecular weight excluding hydrogens is 191 g/mol. The summed E-state index contributed by atoms with van der Waals surface area (Å²) >= 11 is -5.19. The maximum absolute atomic E-state index is 8.95. The molecule has 0 heterocycles. The molecule has 0 spiro atoms. The summed E-state index contributed by atoms with van der Waals surface area (Å²) in [7, 11) is 0. The molecule has 0 radical (unpaired) electrons. The molecule has 0 aliphatic heterocycles. The predicted molar refractivity (Wildman–Crippen MR) is 6.66 cm³/mol. The number of hydrogen-bond donors (Lipinski definition) is 3. The summed E-state index contributed by atoms with van der Waals surface area (Å²) in [6.07, 6.45) is 0. The van der Waals surface area contributed by atoms with E-state index in [2.05, 4.69) is 0 Å². The van der Waals surface area contributed by atoms with Crippen molar-refractivity contribution in [3.63, 3.8) is 0 Å². The average Bonchev–Trinajstić information content (AvgIpc) is 0.722. The first kappa shape index (κ1) is 5.57. The van der Waals surface area contributed by atoms with Crippen molar-refractivity contribution >= 4 is 0 Å². The predicted octanol–water partition coefficient (Wildman–Crippen LogP) is -5.86. The third kappa shape index (κ3) is 92.9. The second kappa shape index (κ2) is 1.35. The summed E-state index contributed by atoms with van der Waals surface area (Å²) in [5.41, 5.74) is 0. The van der Waals surface area contributed by atoms with E-state index < -0.39 is 20.1 Å². The van der Waals surface area contributed by atoms with Crippen molar-refractivity contribution in [2.45, 2.75) is 0 Å². The van der Waals surface area contributed by atoms with Crippen molar-refractivity contribution in [1.82, 2.24) is 0 Å². The number of halogens is 1. The molecule has 0 saturated carbocycles. The Balaban J connectivity index is 3.02. The fourth-order valence-electron chi connectivity index (χ4n) is 0. The molecule has 0 bridgehead atoms. The van der Waals surface area contributed by atoms with Gasteiger partial charge in [-0.05, 0) is 0 Å². The van der Waals surface area contributed by atoms with E-state index in [0.29, 0.717) is 0 Å². The van der Waals surface area contributed by atoms with Crippen molar-refractivity contribution in [2.24, 2.45) is 0 Å². The molecule has 0 aromatic heterocycles. The quantitative estimate of drug-likeness (QED) is 0.335. The van der Waals surface area contributed by atoms with Crippen LogP contribution in [0.25, 0.3) is 0 Å². The number of hydrogen-bond acceptors (Lipinski definition) is 4. The molecule has 4 nitrogen and oxygen atoms in total. The standard InChI is InChI=1S/H3IO4/c2-1(3,4)5/h2-4H. The molecule has 0 saturated heterocycles. The van der Waals surface area contributed by atoms with E-state index in [-0.39, 0.29) is 0 Å². The van der Waals surface area contributed by atoms with Crippen LogP contribution in [0, 0.1) is 0 Å². The minimum absolute atomic E-state index is 5.19. The van der Waals surface area contributed by atoms with Gasteiger partial charge >= 0.3 is 33.8 Å². The molecule has 0 rings (SSSR count). The van der Waals surface area contributed by atoms with Gasteiger partial charge in [0.2, 0.25) is 0 Å². The van der Waals surface area contributed by atoms with Crippen LogP contribution < -0.4 is 23.5 Å². The average molecular weight is 194 g/mol. The van der Waals surface area contributed by atoms with E-state index in [9.17, 15) is 0 Å². The Morgan fingerprint density at radius 1 is 1.20 bits per heavy atom. The van der Waals surface area contributed by atoms with E-state index in [4.69, 9.17) is 13.7 Å². The Bertz CT molecular complexity index is 19.1. The monoisotopic (exact) mass is 194 g/mol. The van der Waals surface area contributed by atoms with Crippen LogP contribution in [0.1, 0.15) is 0 Å². The molecule has 5 heteroatoms. The Morgan fingerprint density at radius 2 is 1.20 bits per heavy atom. The van der Waals surface area contributed by atoms with Gasteiger partial charge in [-0.2, -0.15) is 0 Å². The van der Waals surface area contributed by atoms with Gasteiger partial charge in [-0.3, -0.25) is 0 Å². The Hall–Kier alpha value is 0.570. The van der Waals surface area contributed by atoms with E-state index in [0.717, 1.165) is 0 Å². The van der Waals surface area contributed by atoms with Crippen LogP contribution in [0.4, 0.5) is 0 Å². The zero-order valence-electron chi connectivity index (χ0n) is 2.13. The molecule has 34 valence electrons. The van der Waals surface area contributed by atoms with Gasteiger partial charge in [0.15, 0.2) is 0 Å². The molecule has 0 aliphatic carbocycles. The van der Waals surface area contributed by atoms with E-state index in [1.807, 2.05) is 0 Å². The summed E-state index contributed by atoms with van der Waals surface area (Å²) in [5.74, 6) is 0. The second-order valence-electron chi connectivity index (χ2n) is 0.434. The Morgan fingerprint density at radius 3 is 1.20 bits per heavy atom. The van der Waals surface area contributed by atoms with Crippen molar-refractivity contribution in [1.29, 1.82) is 0 Å². The first-order valence-electron chi connectivity index (χ1n) is 0.661. The van der Waals surface area contributed by atoms with Gasteiger partial charge in [-0.1, -0.05) is 0 Å². The van der Waals surface area contributed by atoms with Crippen LogP contribution in [-0.4, -0.2) is 10.3 Å². The van der Waals surface area contributed by atoms with Gasteiger partial charge in [0.05, 0.1) is 0 Å². The Labute approximate surface area is 34.4 Å². The van der Waals surface area contributed by atoms with Gasteiger partial charge < -0.3 is 0 Å². The third-order valence-electron chi connectivity index (χ3n) is 0. The SMILES string of the molecule is [O-][I+](O)(O)O. The molecule has 0 aliphatic rings. The van der Waals surface area contributed by atoms with Crippen LogP contribution in [0.15, 0.2) is 0 Å². The first-order valence-corrected chi connectivity index (χ1v) is 4.44. The molecule has 0 unspecified atom stereocenters. The summed E-state index contributed by atoms with van der Waals surface area (Å²) < 4.78 is 30.7. The van der Waals surface area contributed by atoms with Crippen LogP contribution >= 0.6 is 0 Å². The normalized spacial score (nSPS) is 15.2. The van der Waals surface area contributed by atoms with Crippen LogP contribution in [-0.2, 0) is 0 Å². The Kier molecular flexibility index (Phi) is 1.50. The van der Waals surface area contributed by atoms with Crippen molar-refractivity contribution < 1.29 is 33.8 Å². The summed E-state index contributed by atoms with van der Waals surface area (Å²) in [4.78, 5) is 0. The van der Waals surface area contributed by atoms with Crippen molar-refractivity contribution in [3.8, 4) is 0 Å².